The molecule has 0 aliphatic carbocycles. The molecule has 3 heterocycles. The molecule has 0 bridgehead atoms. The number of fused-ring (bicyclic) bond motifs is 1. The van der Waals surface area contributed by atoms with E-state index in [-0.39, 0.29) is 4.90 Å². The molecule has 0 aliphatic heterocycles. The number of nitrogens with zero attached hydrogens (tertiary/aromatic N) is 3. The fourth-order valence-electron chi connectivity index (χ4n) is 3.96. The molecule has 172 valence electrons. The Morgan fingerprint density at radius 1 is 1.03 bits per heavy atom. The van der Waals surface area contributed by atoms with E-state index in [9.17, 15) is 8.42 Å². The van der Waals surface area contributed by atoms with Gasteiger partial charge in [-0.05, 0) is 43.7 Å². The zero-order chi connectivity index (χ0) is 24.0. The number of hydrogen-bond acceptors (Lipinski definition) is 5. The van der Waals surface area contributed by atoms with Crippen LogP contribution < -0.4 is 4.72 Å². The first-order valence-electron chi connectivity index (χ1n) is 10.5. The SMILES string of the molecule is Cc1cccc(-c2c(-c3cnn(C)c3)sc3nc(C)cc(NS(=O)(=O)c4cccc(Cl)c4)c23)c1. The molecule has 0 amide bonds. The van der Waals surface area contributed by atoms with Crippen LogP contribution in [0.3, 0.4) is 0 Å². The van der Waals surface area contributed by atoms with Crippen LogP contribution in [0.15, 0.2) is 71.9 Å². The third-order valence-electron chi connectivity index (χ3n) is 5.41. The maximum Gasteiger partial charge on any atom is 0.261 e. The Labute approximate surface area is 206 Å². The molecule has 34 heavy (non-hydrogen) atoms. The van der Waals surface area contributed by atoms with Gasteiger partial charge in [-0.1, -0.05) is 47.5 Å². The third-order valence-corrected chi connectivity index (χ3v) is 8.15. The Morgan fingerprint density at radius 2 is 1.82 bits per heavy atom. The van der Waals surface area contributed by atoms with Crippen molar-refractivity contribution in [3.05, 3.63) is 83.3 Å². The van der Waals surface area contributed by atoms with E-state index in [0.717, 1.165) is 37.3 Å². The fourth-order valence-corrected chi connectivity index (χ4v) is 6.56. The Hall–Kier alpha value is -3.20. The van der Waals surface area contributed by atoms with E-state index in [1.165, 1.54) is 23.5 Å². The topological polar surface area (TPSA) is 76.9 Å². The van der Waals surface area contributed by atoms with Gasteiger partial charge in [-0.2, -0.15) is 5.10 Å². The molecule has 5 aromatic rings. The third kappa shape index (κ3) is 4.20. The molecule has 3 aromatic heterocycles. The van der Waals surface area contributed by atoms with Gasteiger partial charge in [0.2, 0.25) is 0 Å². The molecule has 2 aromatic carbocycles. The van der Waals surface area contributed by atoms with Gasteiger partial charge in [0.25, 0.3) is 10.0 Å². The molecule has 0 aliphatic rings. The zero-order valence-electron chi connectivity index (χ0n) is 18.7. The largest absolute Gasteiger partial charge is 0.279 e. The Balaban J connectivity index is 1.79. The number of hydrogen-bond donors (Lipinski definition) is 1. The molecule has 6 nitrogen and oxygen atoms in total. The van der Waals surface area contributed by atoms with Gasteiger partial charge in [0.05, 0.1) is 16.8 Å². The van der Waals surface area contributed by atoms with E-state index in [0.29, 0.717) is 16.4 Å². The van der Waals surface area contributed by atoms with Crippen LogP contribution in [0.25, 0.3) is 31.8 Å². The molecule has 0 unspecified atom stereocenters. The summed E-state index contributed by atoms with van der Waals surface area (Å²) in [6.45, 7) is 3.89. The number of benzene rings is 2. The first kappa shape index (κ1) is 22.6. The monoisotopic (exact) mass is 508 g/mol. The summed E-state index contributed by atoms with van der Waals surface area (Å²) in [6, 6.07) is 16.1. The van der Waals surface area contributed by atoms with Crippen LogP contribution in [0.1, 0.15) is 11.3 Å². The van der Waals surface area contributed by atoms with Gasteiger partial charge >= 0.3 is 0 Å². The van der Waals surface area contributed by atoms with E-state index >= 15 is 0 Å². The number of aryl methyl sites for hydroxylation is 3. The highest BCUT2D eigenvalue weighted by Crippen LogP contribution is 2.47. The molecule has 0 radical (unpaired) electrons. The number of sulfonamides is 1. The second-order valence-corrected chi connectivity index (χ2v) is 11.3. The molecule has 0 spiro atoms. The number of aromatic nitrogens is 3. The van der Waals surface area contributed by atoms with Gasteiger partial charge in [0.1, 0.15) is 4.83 Å². The maximum absolute atomic E-state index is 13.3. The minimum absolute atomic E-state index is 0.0995. The number of thiophene rings is 1. The van der Waals surface area contributed by atoms with Crippen molar-refractivity contribution >= 4 is 48.9 Å². The quantitative estimate of drug-likeness (QED) is 0.296. The minimum atomic E-state index is -3.88. The molecule has 0 saturated carbocycles. The highest BCUT2D eigenvalue weighted by Gasteiger charge is 2.24. The van der Waals surface area contributed by atoms with E-state index < -0.39 is 10.0 Å². The van der Waals surface area contributed by atoms with Crippen molar-refractivity contribution in [3.63, 3.8) is 0 Å². The van der Waals surface area contributed by atoms with Crippen molar-refractivity contribution in [3.8, 4) is 21.6 Å². The van der Waals surface area contributed by atoms with Crippen LogP contribution in [0.4, 0.5) is 5.69 Å². The molecular formula is C25H21ClN4O2S2. The van der Waals surface area contributed by atoms with E-state index in [2.05, 4.69) is 15.9 Å². The summed E-state index contributed by atoms with van der Waals surface area (Å²) in [5, 5.41) is 5.45. The highest BCUT2D eigenvalue weighted by molar-refractivity contribution is 7.92. The van der Waals surface area contributed by atoms with Crippen molar-refractivity contribution in [1.29, 1.82) is 0 Å². The second-order valence-electron chi connectivity index (χ2n) is 8.13. The van der Waals surface area contributed by atoms with Crippen molar-refractivity contribution in [2.75, 3.05) is 4.72 Å². The summed E-state index contributed by atoms with van der Waals surface area (Å²) >= 11 is 7.58. The van der Waals surface area contributed by atoms with Crippen LogP contribution in [0.2, 0.25) is 5.02 Å². The van der Waals surface area contributed by atoms with E-state index in [4.69, 9.17) is 16.6 Å². The van der Waals surface area contributed by atoms with Crippen LogP contribution in [-0.2, 0) is 17.1 Å². The zero-order valence-corrected chi connectivity index (χ0v) is 21.1. The van der Waals surface area contributed by atoms with Crippen LogP contribution >= 0.6 is 22.9 Å². The van der Waals surface area contributed by atoms with Crippen molar-refractivity contribution in [2.24, 2.45) is 7.05 Å². The molecule has 0 saturated heterocycles. The van der Waals surface area contributed by atoms with Crippen LogP contribution in [0, 0.1) is 13.8 Å². The molecular weight excluding hydrogens is 488 g/mol. The summed E-state index contributed by atoms with van der Waals surface area (Å²) in [7, 11) is -2.01. The maximum atomic E-state index is 13.3. The number of rotatable bonds is 5. The smallest absolute Gasteiger partial charge is 0.261 e. The lowest BCUT2D eigenvalue weighted by Gasteiger charge is -2.13. The lowest BCUT2D eigenvalue weighted by Crippen LogP contribution is -2.13. The standard InChI is InChI=1S/C25H21ClN4O2S2/c1-15-6-4-7-17(10-15)22-23-21(29-34(31,32)20-9-5-8-19(26)12-20)11-16(2)28-25(23)33-24(22)18-13-27-30(3)14-18/h4-14H,1-3H3,(H,28,29). The molecule has 0 fully saturated rings. The van der Waals surface area contributed by atoms with Crippen LogP contribution in [0.5, 0.6) is 0 Å². The van der Waals surface area contributed by atoms with Gasteiger partial charge in [-0.15, -0.1) is 11.3 Å². The number of pyridine rings is 1. The number of halogens is 1. The lowest BCUT2D eigenvalue weighted by atomic mass is 9.98. The van der Waals surface area contributed by atoms with Gasteiger partial charge in [0.15, 0.2) is 0 Å². The lowest BCUT2D eigenvalue weighted by molar-refractivity contribution is 0.601. The normalized spacial score (nSPS) is 11.8. The Bertz CT molecular complexity index is 1660. The molecule has 1 N–H and O–H groups in total. The minimum Gasteiger partial charge on any atom is -0.279 e. The van der Waals surface area contributed by atoms with Crippen molar-refractivity contribution in [1.82, 2.24) is 14.8 Å². The first-order valence-corrected chi connectivity index (χ1v) is 13.2. The predicted octanol–water partition coefficient (Wildman–Crippen LogP) is 6.43. The van der Waals surface area contributed by atoms with Crippen molar-refractivity contribution in [2.45, 2.75) is 18.7 Å². The van der Waals surface area contributed by atoms with Crippen LogP contribution in [-0.4, -0.2) is 23.2 Å². The molecule has 9 heteroatoms. The van der Waals surface area contributed by atoms with Gasteiger partial charge in [0, 0.05) is 45.4 Å². The average molecular weight is 509 g/mol. The summed E-state index contributed by atoms with van der Waals surface area (Å²) in [4.78, 5) is 6.58. The Morgan fingerprint density at radius 3 is 2.53 bits per heavy atom. The first-order chi connectivity index (χ1) is 16.2. The summed E-state index contributed by atoms with van der Waals surface area (Å²) in [6.07, 6.45) is 3.76. The van der Waals surface area contributed by atoms with E-state index in [1.807, 2.05) is 51.5 Å². The Kier molecular flexibility index (Phi) is 5.67. The van der Waals surface area contributed by atoms with E-state index in [1.54, 1.807) is 22.9 Å². The molecule has 0 atom stereocenters. The van der Waals surface area contributed by atoms with Gasteiger partial charge < -0.3 is 0 Å². The average Bonchev–Trinajstić information content (AvgIpc) is 3.37. The number of nitrogens with one attached hydrogen (secondary N) is 1. The van der Waals surface area contributed by atoms with Crippen molar-refractivity contribution < 1.29 is 8.42 Å². The van der Waals surface area contributed by atoms with Gasteiger partial charge in [-0.25, -0.2) is 13.4 Å². The van der Waals surface area contributed by atoms with Gasteiger partial charge in [-0.3, -0.25) is 9.40 Å². The second kappa shape index (κ2) is 8.54. The molecule has 5 rings (SSSR count). The summed E-state index contributed by atoms with van der Waals surface area (Å²) in [5.74, 6) is 0. The fraction of sp³-hybridized carbons (Fsp3) is 0.120. The highest BCUT2D eigenvalue weighted by atomic mass is 35.5. The predicted molar refractivity (Wildman–Crippen MR) is 139 cm³/mol. The summed E-state index contributed by atoms with van der Waals surface area (Å²) < 4.78 is 31.1. The number of anilines is 1. The summed E-state index contributed by atoms with van der Waals surface area (Å²) in [5.41, 5.74) is 5.15.